The van der Waals surface area contributed by atoms with Gasteiger partial charge in [0, 0.05) is 5.39 Å². The quantitative estimate of drug-likeness (QED) is 0.584. The number of halogens is 1. The zero-order chi connectivity index (χ0) is 16.7. The molecule has 0 spiro atoms. The fraction of sp³-hybridized carbons (Fsp3) is 0.467. The van der Waals surface area contributed by atoms with E-state index in [0.29, 0.717) is 0 Å². The van der Waals surface area contributed by atoms with Crippen LogP contribution < -0.4 is 4.43 Å². The monoisotopic (exact) mass is 432 g/mol. The number of hydrogen-bond donors (Lipinski definition) is 1. The molecule has 1 aromatic carbocycles. The molecule has 0 amide bonds. The van der Waals surface area contributed by atoms with E-state index >= 15 is 0 Å². The standard InChI is InChI=1S/C15H21IN2O3Si/c1-15(2,3)22(4,5)21-10-6-7-12-11(8-10)14(16)17-18(12)9-13(19)20/h6-8H,9H2,1-5H3,(H,19,20). The second kappa shape index (κ2) is 5.84. The van der Waals surface area contributed by atoms with Crippen molar-refractivity contribution in [3.63, 3.8) is 0 Å². The molecule has 0 aliphatic heterocycles. The van der Waals surface area contributed by atoms with Crippen LogP contribution in [0.15, 0.2) is 18.2 Å². The molecule has 5 nitrogen and oxygen atoms in total. The van der Waals surface area contributed by atoms with E-state index in [9.17, 15) is 4.79 Å². The average molecular weight is 432 g/mol. The molecule has 1 N–H and O–H groups in total. The van der Waals surface area contributed by atoms with Crippen molar-refractivity contribution in [1.82, 2.24) is 9.78 Å². The molecule has 0 aliphatic carbocycles. The van der Waals surface area contributed by atoms with Crippen molar-refractivity contribution in [2.45, 2.75) is 45.4 Å². The van der Waals surface area contributed by atoms with Gasteiger partial charge < -0.3 is 9.53 Å². The summed E-state index contributed by atoms with van der Waals surface area (Å²) in [5.74, 6) is -0.0747. The van der Waals surface area contributed by atoms with Crippen LogP contribution in [0.1, 0.15) is 20.8 Å². The summed E-state index contributed by atoms with van der Waals surface area (Å²) in [7, 11) is -1.89. The largest absolute Gasteiger partial charge is 0.543 e. The second-order valence-corrected chi connectivity index (χ2v) is 12.6. The number of benzene rings is 1. The van der Waals surface area contributed by atoms with Gasteiger partial charge in [0.15, 0.2) is 0 Å². The number of carboxylic acids is 1. The molecule has 22 heavy (non-hydrogen) atoms. The van der Waals surface area contributed by atoms with Gasteiger partial charge in [0.1, 0.15) is 16.0 Å². The van der Waals surface area contributed by atoms with Gasteiger partial charge in [-0.3, -0.25) is 9.48 Å². The van der Waals surface area contributed by atoms with Crippen LogP contribution in [-0.2, 0) is 11.3 Å². The predicted molar refractivity (Wildman–Crippen MR) is 97.9 cm³/mol. The summed E-state index contributed by atoms with van der Waals surface area (Å²) in [6.45, 7) is 10.9. The first-order valence-corrected chi connectivity index (χ1v) is 11.1. The SMILES string of the molecule is CC(C)(C)[Si](C)(C)Oc1ccc2c(c1)c(I)nn2CC(=O)O. The first-order valence-electron chi connectivity index (χ1n) is 7.08. The van der Waals surface area contributed by atoms with Gasteiger partial charge in [0.2, 0.25) is 8.32 Å². The zero-order valence-electron chi connectivity index (χ0n) is 13.5. The molecule has 0 saturated carbocycles. The summed E-state index contributed by atoms with van der Waals surface area (Å²) >= 11 is 2.13. The van der Waals surface area contributed by atoms with Crippen LogP contribution >= 0.6 is 22.6 Å². The lowest BCUT2D eigenvalue weighted by Crippen LogP contribution is -2.43. The molecular weight excluding hydrogens is 411 g/mol. The molecule has 120 valence electrons. The summed E-state index contributed by atoms with van der Waals surface area (Å²) in [6.07, 6.45) is 0. The Morgan fingerprint density at radius 3 is 2.59 bits per heavy atom. The first-order chi connectivity index (χ1) is 10.0. The normalized spacial score (nSPS) is 12.6. The van der Waals surface area contributed by atoms with E-state index in [1.165, 1.54) is 4.68 Å². The highest BCUT2D eigenvalue weighted by atomic mass is 127. The minimum absolute atomic E-state index is 0.128. The molecule has 2 rings (SSSR count). The molecule has 7 heteroatoms. The predicted octanol–water partition coefficient (Wildman–Crippen LogP) is 4.11. The van der Waals surface area contributed by atoms with E-state index in [0.717, 1.165) is 20.4 Å². The molecule has 0 atom stereocenters. The van der Waals surface area contributed by atoms with Crippen LogP contribution in [-0.4, -0.2) is 29.2 Å². The molecule has 0 fully saturated rings. The molecule has 0 saturated heterocycles. The molecule has 2 aromatic rings. The maximum atomic E-state index is 10.9. The highest BCUT2D eigenvalue weighted by molar-refractivity contribution is 14.1. The summed E-state index contributed by atoms with van der Waals surface area (Å²) in [6, 6.07) is 5.75. The summed E-state index contributed by atoms with van der Waals surface area (Å²) in [4.78, 5) is 10.9. The minimum Gasteiger partial charge on any atom is -0.543 e. The molecule has 0 unspecified atom stereocenters. The van der Waals surface area contributed by atoms with Gasteiger partial charge >= 0.3 is 5.97 Å². The van der Waals surface area contributed by atoms with E-state index in [4.69, 9.17) is 9.53 Å². The fourth-order valence-electron chi connectivity index (χ4n) is 1.88. The van der Waals surface area contributed by atoms with E-state index in [1.54, 1.807) is 0 Å². The molecule has 0 aliphatic rings. The maximum absolute atomic E-state index is 10.9. The van der Waals surface area contributed by atoms with Gasteiger partial charge in [-0.2, -0.15) is 5.10 Å². The Bertz CT molecular complexity index is 719. The van der Waals surface area contributed by atoms with Crippen LogP contribution in [0.3, 0.4) is 0 Å². The first kappa shape index (κ1) is 17.3. The number of aliphatic carboxylic acids is 1. The van der Waals surface area contributed by atoms with Crippen molar-refractivity contribution in [3.05, 3.63) is 21.9 Å². The van der Waals surface area contributed by atoms with Crippen molar-refractivity contribution in [2.75, 3.05) is 0 Å². The Labute approximate surface area is 144 Å². The molecule has 0 bridgehead atoms. The zero-order valence-corrected chi connectivity index (χ0v) is 16.6. The lowest BCUT2D eigenvalue weighted by atomic mass is 10.2. The number of hydrogen-bond acceptors (Lipinski definition) is 3. The van der Waals surface area contributed by atoms with E-state index < -0.39 is 14.3 Å². The third kappa shape index (κ3) is 3.45. The number of fused-ring (bicyclic) bond motifs is 1. The highest BCUT2D eigenvalue weighted by Gasteiger charge is 2.39. The van der Waals surface area contributed by atoms with Gasteiger partial charge in [-0.25, -0.2) is 0 Å². The third-order valence-electron chi connectivity index (χ3n) is 4.14. The lowest BCUT2D eigenvalue weighted by Gasteiger charge is -2.36. The molecule has 0 radical (unpaired) electrons. The van der Waals surface area contributed by atoms with Gasteiger partial charge in [0.25, 0.3) is 0 Å². The van der Waals surface area contributed by atoms with Crippen molar-refractivity contribution in [1.29, 1.82) is 0 Å². The van der Waals surface area contributed by atoms with Crippen LogP contribution in [0, 0.1) is 3.70 Å². The van der Waals surface area contributed by atoms with Gasteiger partial charge in [-0.1, -0.05) is 20.8 Å². The maximum Gasteiger partial charge on any atom is 0.325 e. The van der Waals surface area contributed by atoms with Crippen molar-refractivity contribution < 1.29 is 14.3 Å². The van der Waals surface area contributed by atoms with Gasteiger partial charge in [0.05, 0.1) is 5.52 Å². The summed E-state index contributed by atoms with van der Waals surface area (Å²) in [5.41, 5.74) is 0.814. The smallest absolute Gasteiger partial charge is 0.325 e. The topological polar surface area (TPSA) is 64.4 Å². The van der Waals surface area contributed by atoms with E-state index in [-0.39, 0.29) is 11.6 Å². The number of aromatic nitrogens is 2. The summed E-state index contributed by atoms with van der Waals surface area (Å²) in [5, 5.41) is 14.3. The molecule has 1 heterocycles. The van der Waals surface area contributed by atoms with E-state index in [1.807, 2.05) is 18.2 Å². The van der Waals surface area contributed by atoms with Crippen LogP contribution in [0.25, 0.3) is 10.9 Å². The number of nitrogens with zero attached hydrogens (tertiary/aromatic N) is 2. The minimum atomic E-state index is -1.89. The van der Waals surface area contributed by atoms with Crippen molar-refractivity contribution in [3.8, 4) is 5.75 Å². The Morgan fingerprint density at radius 1 is 1.41 bits per heavy atom. The Morgan fingerprint density at radius 2 is 2.05 bits per heavy atom. The van der Waals surface area contributed by atoms with E-state index in [2.05, 4.69) is 61.6 Å². The van der Waals surface area contributed by atoms with Gasteiger partial charge in [-0.15, -0.1) is 0 Å². The third-order valence-corrected chi connectivity index (χ3v) is 9.30. The number of carboxylic acid groups (broad SMARTS) is 1. The van der Waals surface area contributed by atoms with Crippen LogP contribution in [0.5, 0.6) is 5.75 Å². The highest BCUT2D eigenvalue weighted by Crippen LogP contribution is 2.38. The Balaban J connectivity index is 2.40. The summed E-state index contributed by atoms with van der Waals surface area (Å²) < 4.78 is 8.60. The van der Waals surface area contributed by atoms with Gasteiger partial charge in [-0.05, 0) is 58.9 Å². The van der Waals surface area contributed by atoms with Crippen molar-refractivity contribution >= 4 is 47.8 Å². The fourth-order valence-corrected chi connectivity index (χ4v) is 3.59. The van der Waals surface area contributed by atoms with Crippen LogP contribution in [0.2, 0.25) is 18.1 Å². The average Bonchev–Trinajstić information content (AvgIpc) is 2.63. The number of carbonyl (C=O) groups is 1. The molecule has 1 aromatic heterocycles. The number of rotatable bonds is 4. The Kier molecular flexibility index (Phi) is 4.58. The Hall–Kier alpha value is -1.09. The molecular formula is C15H21IN2O3Si. The van der Waals surface area contributed by atoms with Crippen molar-refractivity contribution in [2.24, 2.45) is 0 Å². The second-order valence-electron chi connectivity index (χ2n) is 6.88. The van der Waals surface area contributed by atoms with Crippen LogP contribution in [0.4, 0.5) is 0 Å². The lowest BCUT2D eigenvalue weighted by molar-refractivity contribution is -0.137.